The lowest BCUT2D eigenvalue weighted by atomic mass is 10.1. The molecular formula is C22H26N2O3. The molecule has 0 amide bonds. The minimum absolute atomic E-state index is 0.103. The van der Waals surface area contributed by atoms with E-state index in [1.807, 2.05) is 50.4 Å². The van der Waals surface area contributed by atoms with E-state index in [9.17, 15) is 0 Å². The Hall–Kier alpha value is -2.79. The number of nitrogens with zero attached hydrogens (tertiary/aromatic N) is 2. The van der Waals surface area contributed by atoms with Crippen LogP contribution in [-0.4, -0.2) is 23.1 Å². The van der Waals surface area contributed by atoms with Crippen LogP contribution in [0, 0.1) is 0 Å². The van der Waals surface area contributed by atoms with Gasteiger partial charge < -0.3 is 13.9 Å². The van der Waals surface area contributed by atoms with Crippen LogP contribution in [0.25, 0.3) is 0 Å². The quantitative estimate of drug-likeness (QED) is 0.551. The van der Waals surface area contributed by atoms with Gasteiger partial charge in [-0.3, -0.25) is 9.88 Å². The first kappa shape index (κ1) is 19.0. The molecule has 2 heterocycles. The maximum Gasteiger partial charge on any atom is 0.161 e. The first-order valence-electron chi connectivity index (χ1n) is 9.11. The van der Waals surface area contributed by atoms with Crippen LogP contribution in [0.15, 0.2) is 65.5 Å². The molecule has 0 aliphatic rings. The molecule has 142 valence electrons. The highest BCUT2D eigenvalue weighted by atomic mass is 16.5. The molecule has 3 rings (SSSR count). The summed E-state index contributed by atoms with van der Waals surface area (Å²) in [6, 6.07) is 14.1. The van der Waals surface area contributed by atoms with Gasteiger partial charge >= 0.3 is 0 Å². The summed E-state index contributed by atoms with van der Waals surface area (Å²) >= 11 is 0. The Morgan fingerprint density at radius 1 is 1.00 bits per heavy atom. The third kappa shape index (κ3) is 5.59. The third-order valence-corrected chi connectivity index (χ3v) is 4.09. The number of hydrogen-bond acceptors (Lipinski definition) is 5. The van der Waals surface area contributed by atoms with Crippen molar-refractivity contribution in [1.29, 1.82) is 0 Å². The van der Waals surface area contributed by atoms with Gasteiger partial charge in [0.25, 0.3) is 0 Å². The van der Waals surface area contributed by atoms with E-state index in [0.717, 1.165) is 41.5 Å². The fourth-order valence-corrected chi connectivity index (χ4v) is 2.96. The maximum absolute atomic E-state index is 5.82. The highest BCUT2D eigenvalue weighted by Crippen LogP contribution is 2.29. The van der Waals surface area contributed by atoms with Crippen LogP contribution in [0.5, 0.6) is 11.5 Å². The minimum Gasteiger partial charge on any atom is -0.493 e. The average Bonchev–Trinajstić information content (AvgIpc) is 3.16. The van der Waals surface area contributed by atoms with Gasteiger partial charge in [0, 0.05) is 25.5 Å². The predicted molar refractivity (Wildman–Crippen MR) is 105 cm³/mol. The van der Waals surface area contributed by atoms with Gasteiger partial charge in [-0.05, 0) is 55.3 Å². The molecule has 0 atom stereocenters. The summed E-state index contributed by atoms with van der Waals surface area (Å²) in [7, 11) is 1.67. The van der Waals surface area contributed by atoms with Crippen molar-refractivity contribution < 1.29 is 13.9 Å². The smallest absolute Gasteiger partial charge is 0.161 e. The van der Waals surface area contributed by atoms with Crippen molar-refractivity contribution in [3.63, 3.8) is 0 Å². The van der Waals surface area contributed by atoms with Crippen molar-refractivity contribution in [2.24, 2.45) is 0 Å². The standard InChI is InChI=1S/C22H26N2O3/c1-17(2)27-21-9-8-18(12-22(21)25-3)14-24(16-20-7-5-11-26-20)15-19-6-4-10-23-13-19/h4-13,17H,14-16H2,1-3H3. The Bertz CT molecular complexity index is 817. The molecule has 0 saturated carbocycles. The molecule has 0 aliphatic heterocycles. The SMILES string of the molecule is COc1cc(CN(Cc2cccnc2)Cc2ccco2)ccc1OC(C)C. The molecular weight excluding hydrogens is 340 g/mol. The Morgan fingerprint density at radius 2 is 1.85 bits per heavy atom. The molecule has 27 heavy (non-hydrogen) atoms. The summed E-state index contributed by atoms with van der Waals surface area (Å²) in [5.41, 5.74) is 2.31. The number of rotatable bonds is 9. The second-order valence-electron chi connectivity index (χ2n) is 6.74. The molecule has 5 heteroatoms. The molecule has 0 fully saturated rings. The third-order valence-electron chi connectivity index (χ3n) is 4.09. The van der Waals surface area contributed by atoms with E-state index in [0.29, 0.717) is 6.54 Å². The number of methoxy groups -OCH3 is 1. The van der Waals surface area contributed by atoms with Crippen LogP contribution in [0.4, 0.5) is 0 Å². The number of furan rings is 1. The first-order chi connectivity index (χ1) is 13.1. The molecule has 0 aliphatic carbocycles. The highest BCUT2D eigenvalue weighted by Gasteiger charge is 2.13. The van der Waals surface area contributed by atoms with E-state index in [4.69, 9.17) is 13.9 Å². The van der Waals surface area contributed by atoms with Crippen LogP contribution in [-0.2, 0) is 19.6 Å². The summed E-state index contributed by atoms with van der Waals surface area (Å²) in [5.74, 6) is 2.45. The summed E-state index contributed by atoms with van der Waals surface area (Å²) in [5, 5.41) is 0. The molecule has 0 saturated heterocycles. The Labute approximate surface area is 160 Å². The monoisotopic (exact) mass is 366 g/mol. The zero-order valence-electron chi connectivity index (χ0n) is 16.1. The fraction of sp³-hybridized carbons (Fsp3) is 0.318. The van der Waals surface area contributed by atoms with E-state index < -0.39 is 0 Å². The normalized spacial score (nSPS) is 11.1. The van der Waals surface area contributed by atoms with Crippen LogP contribution < -0.4 is 9.47 Å². The van der Waals surface area contributed by atoms with Gasteiger partial charge in [-0.25, -0.2) is 0 Å². The number of hydrogen-bond donors (Lipinski definition) is 0. The topological polar surface area (TPSA) is 47.7 Å². The van der Waals surface area contributed by atoms with Gasteiger partial charge in [0.2, 0.25) is 0 Å². The van der Waals surface area contributed by atoms with E-state index in [-0.39, 0.29) is 6.10 Å². The molecule has 0 bridgehead atoms. The van der Waals surface area contributed by atoms with Crippen LogP contribution in [0.1, 0.15) is 30.7 Å². The van der Waals surface area contributed by atoms with E-state index >= 15 is 0 Å². The van der Waals surface area contributed by atoms with Crippen LogP contribution in [0.2, 0.25) is 0 Å². The second kappa shape index (κ2) is 9.24. The number of ether oxygens (including phenoxy) is 2. The number of pyridine rings is 1. The van der Waals surface area contributed by atoms with Crippen molar-refractivity contribution in [3.05, 3.63) is 78.0 Å². The Kier molecular flexibility index (Phi) is 6.49. The summed E-state index contributed by atoms with van der Waals surface area (Å²) in [6.07, 6.45) is 5.50. The molecule has 0 N–H and O–H groups in total. The van der Waals surface area contributed by atoms with Crippen molar-refractivity contribution >= 4 is 0 Å². The van der Waals surface area contributed by atoms with Gasteiger partial charge in [-0.1, -0.05) is 12.1 Å². The molecule has 1 aromatic carbocycles. The molecule has 0 spiro atoms. The largest absolute Gasteiger partial charge is 0.493 e. The molecule has 2 aromatic heterocycles. The number of benzene rings is 1. The van der Waals surface area contributed by atoms with Crippen LogP contribution in [0.3, 0.4) is 0 Å². The highest BCUT2D eigenvalue weighted by molar-refractivity contribution is 5.43. The second-order valence-corrected chi connectivity index (χ2v) is 6.74. The van der Waals surface area contributed by atoms with Crippen molar-refractivity contribution in [3.8, 4) is 11.5 Å². The van der Waals surface area contributed by atoms with Gasteiger partial charge in [0.1, 0.15) is 5.76 Å². The Balaban J connectivity index is 1.78. The lowest BCUT2D eigenvalue weighted by molar-refractivity contribution is 0.222. The Morgan fingerprint density at radius 3 is 2.52 bits per heavy atom. The zero-order chi connectivity index (χ0) is 19.1. The lowest BCUT2D eigenvalue weighted by Crippen LogP contribution is -2.22. The van der Waals surface area contributed by atoms with Gasteiger partial charge in [0.15, 0.2) is 11.5 Å². The van der Waals surface area contributed by atoms with Crippen molar-refractivity contribution in [2.75, 3.05) is 7.11 Å². The summed E-state index contributed by atoms with van der Waals surface area (Å²) in [6.45, 7) is 6.27. The van der Waals surface area contributed by atoms with E-state index in [1.165, 1.54) is 0 Å². The van der Waals surface area contributed by atoms with E-state index in [1.54, 1.807) is 19.6 Å². The van der Waals surface area contributed by atoms with Gasteiger partial charge in [0.05, 0.1) is 26.0 Å². The molecule has 0 unspecified atom stereocenters. The number of aromatic nitrogens is 1. The summed E-state index contributed by atoms with van der Waals surface area (Å²) in [4.78, 5) is 6.53. The van der Waals surface area contributed by atoms with Crippen molar-refractivity contribution in [1.82, 2.24) is 9.88 Å². The zero-order valence-corrected chi connectivity index (χ0v) is 16.1. The first-order valence-corrected chi connectivity index (χ1v) is 9.11. The lowest BCUT2D eigenvalue weighted by Gasteiger charge is -2.22. The van der Waals surface area contributed by atoms with E-state index in [2.05, 4.69) is 22.0 Å². The molecule has 0 radical (unpaired) electrons. The van der Waals surface area contributed by atoms with Gasteiger partial charge in [-0.15, -0.1) is 0 Å². The minimum atomic E-state index is 0.103. The van der Waals surface area contributed by atoms with Crippen LogP contribution >= 0.6 is 0 Å². The molecule has 5 nitrogen and oxygen atoms in total. The molecule has 3 aromatic rings. The average molecular weight is 366 g/mol. The van der Waals surface area contributed by atoms with Crippen molar-refractivity contribution in [2.45, 2.75) is 39.6 Å². The summed E-state index contributed by atoms with van der Waals surface area (Å²) < 4.78 is 16.9. The predicted octanol–water partition coefficient (Wildman–Crippen LogP) is 4.67. The fourth-order valence-electron chi connectivity index (χ4n) is 2.96. The maximum atomic E-state index is 5.82. The van der Waals surface area contributed by atoms with Gasteiger partial charge in [-0.2, -0.15) is 0 Å².